The predicted molar refractivity (Wildman–Crippen MR) is 156 cm³/mol. The van der Waals surface area contributed by atoms with Gasteiger partial charge in [-0.3, -0.25) is 14.4 Å². The summed E-state index contributed by atoms with van der Waals surface area (Å²) in [5, 5.41) is 9.72. The molecular formula is C31H42ClN3O5. The van der Waals surface area contributed by atoms with Crippen molar-refractivity contribution in [2.24, 2.45) is 11.8 Å². The lowest BCUT2D eigenvalue weighted by atomic mass is 9.70. The van der Waals surface area contributed by atoms with E-state index in [4.69, 9.17) is 21.4 Å². The van der Waals surface area contributed by atoms with Crippen LogP contribution in [0.5, 0.6) is 0 Å². The number of fused-ring (bicyclic) bond motifs is 1. The molecule has 0 radical (unpaired) electrons. The molecule has 0 aromatic heterocycles. The summed E-state index contributed by atoms with van der Waals surface area (Å²) in [5.41, 5.74) is -0.396. The maximum Gasteiger partial charge on any atom is 0.253 e. The Hall–Kier alpha value is -2.68. The first kappa shape index (κ1) is 30.3. The van der Waals surface area contributed by atoms with E-state index in [2.05, 4.69) is 13.2 Å². The van der Waals surface area contributed by atoms with Crippen LogP contribution in [0.3, 0.4) is 0 Å². The van der Waals surface area contributed by atoms with Crippen molar-refractivity contribution >= 4 is 35.0 Å². The fourth-order valence-electron chi connectivity index (χ4n) is 6.85. The Morgan fingerprint density at radius 3 is 2.48 bits per heavy atom. The molecule has 0 aliphatic carbocycles. The van der Waals surface area contributed by atoms with Crippen LogP contribution in [0, 0.1) is 11.8 Å². The van der Waals surface area contributed by atoms with Crippen LogP contribution in [0.2, 0.25) is 5.02 Å². The van der Waals surface area contributed by atoms with Crippen molar-refractivity contribution in [2.45, 2.75) is 69.6 Å². The number of aliphatic hydroxyl groups is 1. The molecule has 1 N–H and O–H groups in total. The van der Waals surface area contributed by atoms with Crippen molar-refractivity contribution in [3.63, 3.8) is 0 Å². The monoisotopic (exact) mass is 571 g/mol. The lowest BCUT2D eigenvalue weighted by molar-refractivity contribution is -0.145. The highest BCUT2D eigenvalue weighted by molar-refractivity contribution is 6.30. The van der Waals surface area contributed by atoms with E-state index >= 15 is 0 Å². The molecule has 3 aliphatic heterocycles. The van der Waals surface area contributed by atoms with Crippen molar-refractivity contribution in [2.75, 3.05) is 37.7 Å². The maximum absolute atomic E-state index is 14.5. The standard InChI is InChI=1S/C31H42ClN3O5/c1-4-17-33(18-5-2)28(37)25-24-15-16-31(40-24)26(25)29(38)35(20-9-7-8-10-21-36)27(31)30(39)34(19-6-3)23-13-11-22(32)12-14-23/h4,6,11-14,24-27,36H,1,3,5,7-10,15-21H2,2H3/t24-,25+,26+,27?,31?/m1/s1. The van der Waals surface area contributed by atoms with Gasteiger partial charge in [0.1, 0.15) is 11.6 Å². The van der Waals surface area contributed by atoms with E-state index in [0.717, 1.165) is 19.3 Å². The second-order valence-corrected chi connectivity index (χ2v) is 11.4. The van der Waals surface area contributed by atoms with E-state index in [1.807, 2.05) is 6.92 Å². The van der Waals surface area contributed by atoms with Crippen LogP contribution in [0.4, 0.5) is 5.69 Å². The summed E-state index contributed by atoms with van der Waals surface area (Å²) >= 11 is 6.12. The fourth-order valence-corrected chi connectivity index (χ4v) is 6.98. The van der Waals surface area contributed by atoms with Crippen molar-refractivity contribution < 1.29 is 24.2 Å². The molecule has 1 spiro atoms. The summed E-state index contributed by atoms with van der Waals surface area (Å²) in [4.78, 5) is 47.7. The summed E-state index contributed by atoms with van der Waals surface area (Å²) in [6.45, 7) is 11.4. The lowest BCUT2D eigenvalue weighted by Gasteiger charge is -2.37. The number of hydrogen-bond acceptors (Lipinski definition) is 5. The number of ether oxygens (including phenoxy) is 1. The molecule has 218 valence electrons. The molecule has 4 rings (SSSR count). The Morgan fingerprint density at radius 1 is 1.12 bits per heavy atom. The average Bonchev–Trinajstić information content (AvgIpc) is 3.59. The average molecular weight is 572 g/mol. The van der Waals surface area contributed by atoms with Gasteiger partial charge in [0.15, 0.2) is 0 Å². The van der Waals surface area contributed by atoms with Crippen LogP contribution in [-0.4, -0.2) is 83.2 Å². The smallest absolute Gasteiger partial charge is 0.253 e. The third kappa shape index (κ3) is 5.58. The van der Waals surface area contributed by atoms with Gasteiger partial charge in [0, 0.05) is 43.5 Å². The quantitative estimate of drug-likeness (QED) is 0.252. The Balaban J connectivity index is 1.71. The molecule has 2 bridgehead atoms. The van der Waals surface area contributed by atoms with E-state index in [-0.39, 0.29) is 30.9 Å². The zero-order valence-corrected chi connectivity index (χ0v) is 24.2. The second-order valence-electron chi connectivity index (χ2n) is 11.0. The largest absolute Gasteiger partial charge is 0.396 e. The normalized spacial score (nSPS) is 26.6. The Kier molecular flexibility index (Phi) is 10.1. The summed E-state index contributed by atoms with van der Waals surface area (Å²) in [7, 11) is 0. The number of nitrogens with zero attached hydrogens (tertiary/aromatic N) is 3. The molecule has 8 nitrogen and oxygen atoms in total. The number of benzene rings is 1. The first-order valence-electron chi connectivity index (χ1n) is 14.5. The van der Waals surface area contributed by atoms with Gasteiger partial charge >= 0.3 is 0 Å². The first-order valence-corrected chi connectivity index (χ1v) is 14.9. The molecule has 3 fully saturated rings. The highest BCUT2D eigenvalue weighted by atomic mass is 35.5. The molecule has 40 heavy (non-hydrogen) atoms. The zero-order chi connectivity index (χ0) is 28.9. The molecule has 9 heteroatoms. The third-order valence-corrected chi connectivity index (χ3v) is 8.75. The number of halogens is 1. The highest BCUT2D eigenvalue weighted by Crippen LogP contribution is 2.59. The van der Waals surface area contributed by atoms with E-state index in [1.165, 1.54) is 0 Å². The number of carbonyl (C=O) groups excluding carboxylic acids is 3. The summed E-state index contributed by atoms with van der Waals surface area (Å²) < 4.78 is 6.62. The van der Waals surface area contributed by atoms with E-state index in [9.17, 15) is 14.4 Å². The van der Waals surface area contributed by atoms with Gasteiger partial charge in [0.2, 0.25) is 11.8 Å². The summed E-state index contributed by atoms with van der Waals surface area (Å²) in [6.07, 6.45) is 8.01. The van der Waals surface area contributed by atoms with Crippen LogP contribution in [0.25, 0.3) is 0 Å². The number of likely N-dealkylation sites (tertiary alicyclic amines) is 1. The number of amides is 3. The molecule has 1 aromatic rings. The Labute approximate surface area is 242 Å². The van der Waals surface area contributed by atoms with Gasteiger partial charge in [-0.25, -0.2) is 0 Å². The summed E-state index contributed by atoms with van der Waals surface area (Å²) in [5.74, 6) is -1.83. The topological polar surface area (TPSA) is 90.4 Å². The van der Waals surface area contributed by atoms with Gasteiger partial charge in [-0.2, -0.15) is 0 Å². The third-order valence-electron chi connectivity index (χ3n) is 8.50. The molecule has 3 amide bonds. The van der Waals surface area contributed by atoms with Crippen molar-refractivity contribution in [1.29, 1.82) is 0 Å². The molecule has 0 saturated carbocycles. The Bertz CT molecular complexity index is 1090. The maximum atomic E-state index is 14.5. The fraction of sp³-hybridized carbons (Fsp3) is 0.581. The predicted octanol–water partition coefficient (Wildman–Crippen LogP) is 4.21. The number of hydrogen-bond donors (Lipinski definition) is 1. The molecular weight excluding hydrogens is 530 g/mol. The van der Waals surface area contributed by atoms with Crippen LogP contribution in [0.15, 0.2) is 49.6 Å². The van der Waals surface area contributed by atoms with Gasteiger partial charge in [-0.15, -0.1) is 13.2 Å². The van der Waals surface area contributed by atoms with Gasteiger partial charge < -0.3 is 24.5 Å². The molecule has 2 unspecified atom stereocenters. The van der Waals surface area contributed by atoms with Gasteiger partial charge in [-0.05, 0) is 56.4 Å². The van der Waals surface area contributed by atoms with Crippen LogP contribution >= 0.6 is 11.6 Å². The van der Waals surface area contributed by atoms with Crippen LogP contribution in [0.1, 0.15) is 51.9 Å². The Morgan fingerprint density at radius 2 is 1.82 bits per heavy atom. The van der Waals surface area contributed by atoms with E-state index < -0.39 is 29.6 Å². The van der Waals surface area contributed by atoms with Gasteiger partial charge in [0.25, 0.3) is 5.91 Å². The minimum Gasteiger partial charge on any atom is -0.396 e. The number of rotatable bonds is 15. The van der Waals surface area contributed by atoms with Crippen LogP contribution in [-0.2, 0) is 19.1 Å². The van der Waals surface area contributed by atoms with Gasteiger partial charge in [-0.1, -0.05) is 43.5 Å². The number of anilines is 1. The van der Waals surface area contributed by atoms with Gasteiger partial charge in [0.05, 0.1) is 17.9 Å². The number of aliphatic hydroxyl groups excluding tert-OH is 1. The van der Waals surface area contributed by atoms with Crippen molar-refractivity contribution in [3.05, 3.63) is 54.6 Å². The molecule has 3 saturated heterocycles. The molecule has 3 aliphatic rings. The number of carbonyl (C=O) groups is 3. The minimum atomic E-state index is -1.05. The molecule has 3 heterocycles. The van der Waals surface area contributed by atoms with E-state index in [1.54, 1.807) is 51.1 Å². The van der Waals surface area contributed by atoms with Crippen LogP contribution < -0.4 is 4.90 Å². The lowest BCUT2D eigenvalue weighted by Crippen LogP contribution is -2.56. The summed E-state index contributed by atoms with van der Waals surface area (Å²) in [6, 6.07) is 6.18. The molecule has 5 atom stereocenters. The minimum absolute atomic E-state index is 0.0941. The number of unbranched alkanes of at least 4 members (excludes halogenated alkanes) is 3. The highest BCUT2D eigenvalue weighted by Gasteiger charge is 2.74. The van der Waals surface area contributed by atoms with E-state index in [0.29, 0.717) is 56.0 Å². The second kappa shape index (κ2) is 13.3. The zero-order valence-electron chi connectivity index (χ0n) is 23.5. The molecule has 1 aromatic carbocycles. The van der Waals surface area contributed by atoms with Crippen molar-refractivity contribution in [1.82, 2.24) is 9.80 Å². The first-order chi connectivity index (χ1) is 19.3. The SMILES string of the molecule is C=CCN(CCC)C(=O)[C@@H]1[C@H]2C(=O)N(CCCCCCO)C(C(=O)N(CC=C)c3ccc(Cl)cc3)C23CC[C@H]1O3. The van der Waals surface area contributed by atoms with Crippen molar-refractivity contribution in [3.8, 4) is 0 Å².